The maximum Gasteiger partial charge on any atom is 0.253 e. The summed E-state index contributed by atoms with van der Waals surface area (Å²) < 4.78 is 0. The van der Waals surface area contributed by atoms with E-state index in [4.69, 9.17) is 0 Å². The molecule has 21 heavy (non-hydrogen) atoms. The third-order valence-electron chi connectivity index (χ3n) is 3.69. The Morgan fingerprint density at radius 2 is 2.14 bits per heavy atom. The molecular weight excluding hydrogens is 268 g/mol. The molecule has 1 aliphatic carbocycles. The number of rotatable bonds is 6. The van der Waals surface area contributed by atoms with Crippen molar-refractivity contribution in [3.63, 3.8) is 0 Å². The fraction of sp³-hybridized carbons (Fsp3) is 0.500. The van der Waals surface area contributed by atoms with Gasteiger partial charge in [0.15, 0.2) is 0 Å². The van der Waals surface area contributed by atoms with Gasteiger partial charge >= 0.3 is 0 Å². The van der Waals surface area contributed by atoms with Gasteiger partial charge in [0.1, 0.15) is 0 Å². The molecule has 114 valence electrons. The zero-order valence-electron chi connectivity index (χ0n) is 12.5. The van der Waals surface area contributed by atoms with Crippen molar-refractivity contribution in [1.29, 1.82) is 0 Å². The maximum atomic E-state index is 12.3. The van der Waals surface area contributed by atoms with Gasteiger partial charge in [-0.1, -0.05) is 13.0 Å². The van der Waals surface area contributed by atoms with Crippen LogP contribution in [0.25, 0.3) is 0 Å². The number of hydrogen-bond acceptors (Lipinski definition) is 3. The number of benzene rings is 1. The number of hydrogen-bond donors (Lipinski definition) is 2. The standard InChI is InChI=1S/C16H22N2O3/c1-3-15(20)17-13-6-4-5-12(9-13)16(21)18(2)10-14(19)11-7-8-11/h4-6,9,11,14,19H,3,7-8,10H2,1-2H3,(H,17,20). The summed E-state index contributed by atoms with van der Waals surface area (Å²) in [4.78, 5) is 25.2. The predicted molar refractivity (Wildman–Crippen MR) is 81.1 cm³/mol. The minimum atomic E-state index is -0.443. The van der Waals surface area contributed by atoms with Crippen molar-refractivity contribution in [2.24, 2.45) is 5.92 Å². The molecule has 0 heterocycles. The van der Waals surface area contributed by atoms with E-state index in [0.29, 0.717) is 30.1 Å². The molecule has 1 saturated carbocycles. The topological polar surface area (TPSA) is 69.6 Å². The van der Waals surface area contributed by atoms with Crippen molar-refractivity contribution >= 4 is 17.5 Å². The van der Waals surface area contributed by atoms with Crippen LogP contribution in [-0.4, -0.2) is 41.5 Å². The van der Waals surface area contributed by atoms with E-state index in [9.17, 15) is 14.7 Å². The predicted octanol–water partition coefficient (Wildman–Crippen LogP) is 1.88. The number of carbonyl (C=O) groups is 2. The normalized spacial score (nSPS) is 15.4. The summed E-state index contributed by atoms with van der Waals surface area (Å²) in [6, 6.07) is 6.87. The first-order chi connectivity index (χ1) is 10.0. The maximum absolute atomic E-state index is 12.3. The molecule has 5 heteroatoms. The Morgan fingerprint density at radius 3 is 2.76 bits per heavy atom. The van der Waals surface area contributed by atoms with Gasteiger partial charge in [-0.2, -0.15) is 0 Å². The van der Waals surface area contributed by atoms with Gasteiger partial charge in [-0.05, 0) is 37.0 Å². The molecule has 0 radical (unpaired) electrons. The number of amides is 2. The molecule has 0 aromatic heterocycles. The van der Waals surface area contributed by atoms with Crippen LogP contribution in [0.3, 0.4) is 0 Å². The molecule has 0 aliphatic heterocycles. The van der Waals surface area contributed by atoms with Gasteiger partial charge in [-0.3, -0.25) is 9.59 Å². The van der Waals surface area contributed by atoms with Crippen LogP contribution in [0.2, 0.25) is 0 Å². The minimum absolute atomic E-state index is 0.0860. The Bertz CT molecular complexity index is 526. The van der Waals surface area contributed by atoms with E-state index in [-0.39, 0.29) is 11.8 Å². The lowest BCUT2D eigenvalue weighted by molar-refractivity contribution is -0.115. The average molecular weight is 290 g/mol. The summed E-state index contributed by atoms with van der Waals surface area (Å²) in [6.07, 6.45) is 2.04. The fourth-order valence-corrected chi connectivity index (χ4v) is 2.19. The SMILES string of the molecule is CCC(=O)Nc1cccc(C(=O)N(C)CC(O)C2CC2)c1. The summed E-state index contributed by atoms with van der Waals surface area (Å²) in [6.45, 7) is 2.12. The largest absolute Gasteiger partial charge is 0.391 e. The molecule has 5 nitrogen and oxygen atoms in total. The van der Waals surface area contributed by atoms with E-state index >= 15 is 0 Å². The highest BCUT2D eigenvalue weighted by Crippen LogP contribution is 2.32. The molecule has 1 aromatic rings. The molecule has 2 amide bonds. The molecule has 1 fully saturated rings. The van der Waals surface area contributed by atoms with Gasteiger partial charge in [-0.25, -0.2) is 0 Å². The zero-order valence-corrected chi connectivity index (χ0v) is 12.5. The van der Waals surface area contributed by atoms with Crippen LogP contribution >= 0.6 is 0 Å². The molecule has 1 aromatic carbocycles. The lowest BCUT2D eigenvalue weighted by Crippen LogP contribution is -2.35. The summed E-state index contributed by atoms with van der Waals surface area (Å²) >= 11 is 0. The Kier molecular flexibility index (Phi) is 4.96. The highest BCUT2D eigenvalue weighted by molar-refractivity contribution is 5.97. The first-order valence-corrected chi connectivity index (χ1v) is 7.34. The molecule has 1 atom stereocenters. The second kappa shape index (κ2) is 6.72. The monoisotopic (exact) mass is 290 g/mol. The summed E-state index contributed by atoms with van der Waals surface area (Å²) in [5.41, 5.74) is 1.12. The van der Waals surface area contributed by atoms with Crippen molar-refractivity contribution in [2.75, 3.05) is 18.9 Å². The lowest BCUT2D eigenvalue weighted by Gasteiger charge is -2.21. The molecule has 0 spiro atoms. The van der Waals surface area contributed by atoms with E-state index in [0.717, 1.165) is 12.8 Å². The Labute approximate surface area is 125 Å². The van der Waals surface area contributed by atoms with E-state index < -0.39 is 6.10 Å². The zero-order chi connectivity index (χ0) is 15.4. The van der Waals surface area contributed by atoms with Crippen molar-refractivity contribution in [2.45, 2.75) is 32.3 Å². The number of aliphatic hydroxyl groups excluding tert-OH is 1. The van der Waals surface area contributed by atoms with Crippen LogP contribution < -0.4 is 5.32 Å². The Hall–Kier alpha value is -1.88. The van der Waals surface area contributed by atoms with Crippen LogP contribution in [0.15, 0.2) is 24.3 Å². The Balaban J connectivity index is 2.00. The number of carbonyl (C=O) groups excluding carboxylic acids is 2. The van der Waals surface area contributed by atoms with Crippen LogP contribution in [-0.2, 0) is 4.79 Å². The second-order valence-corrected chi connectivity index (χ2v) is 5.57. The number of anilines is 1. The highest BCUT2D eigenvalue weighted by Gasteiger charge is 2.31. The van der Waals surface area contributed by atoms with Gasteiger partial charge in [-0.15, -0.1) is 0 Å². The minimum Gasteiger partial charge on any atom is -0.391 e. The van der Waals surface area contributed by atoms with Gasteiger partial charge in [0.05, 0.1) is 6.10 Å². The van der Waals surface area contributed by atoms with Gasteiger partial charge in [0, 0.05) is 31.3 Å². The average Bonchev–Trinajstić information content (AvgIpc) is 3.31. The molecular formula is C16H22N2O3. The summed E-state index contributed by atoms with van der Waals surface area (Å²) in [5, 5.41) is 12.6. The van der Waals surface area contributed by atoms with Crippen molar-refractivity contribution in [3.8, 4) is 0 Å². The highest BCUT2D eigenvalue weighted by atomic mass is 16.3. The van der Waals surface area contributed by atoms with Crippen LogP contribution in [0.4, 0.5) is 5.69 Å². The van der Waals surface area contributed by atoms with Crippen LogP contribution in [0, 0.1) is 5.92 Å². The van der Waals surface area contributed by atoms with Gasteiger partial charge in [0.25, 0.3) is 5.91 Å². The third-order valence-corrected chi connectivity index (χ3v) is 3.69. The second-order valence-electron chi connectivity index (χ2n) is 5.57. The number of nitrogens with one attached hydrogen (secondary N) is 1. The molecule has 1 aliphatic rings. The molecule has 2 rings (SSSR count). The third kappa shape index (κ3) is 4.29. The van der Waals surface area contributed by atoms with Crippen LogP contribution in [0.1, 0.15) is 36.5 Å². The molecule has 0 bridgehead atoms. The molecule has 2 N–H and O–H groups in total. The first-order valence-electron chi connectivity index (χ1n) is 7.34. The number of aliphatic hydroxyl groups is 1. The fourth-order valence-electron chi connectivity index (χ4n) is 2.19. The summed E-state index contributed by atoms with van der Waals surface area (Å²) in [7, 11) is 1.69. The number of likely N-dealkylation sites (N-methyl/N-ethyl adjacent to an activating group) is 1. The summed E-state index contributed by atoms with van der Waals surface area (Å²) in [5.74, 6) is 0.106. The first kappa shape index (κ1) is 15.5. The van der Waals surface area contributed by atoms with E-state index in [1.807, 2.05) is 0 Å². The van der Waals surface area contributed by atoms with Gasteiger partial charge in [0.2, 0.25) is 5.91 Å². The molecule has 1 unspecified atom stereocenters. The smallest absolute Gasteiger partial charge is 0.253 e. The lowest BCUT2D eigenvalue weighted by atomic mass is 10.1. The van der Waals surface area contributed by atoms with Crippen molar-refractivity contribution in [1.82, 2.24) is 4.90 Å². The van der Waals surface area contributed by atoms with Crippen molar-refractivity contribution < 1.29 is 14.7 Å². The van der Waals surface area contributed by atoms with Crippen LogP contribution in [0.5, 0.6) is 0 Å². The number of nitrogens with zero attached hydrogens (tertiary/aromatic N) is 1. The van der Waals surface area contributed by atoms with Crippen molar-refractivity contribution in [3.05, 3.63) is 29.8 Å². The quantitative estimate of drug-likeness (QED) is 0.840. The van der Waals surface area contributed by atoms with E-state index in [1.54, 1.807) is 38.2 Å². The van der Waals surface area contributed by atoms with Gasteiger partial charge < -0.3 is 15.3 Å². The molecule has 0 saturated heterocycles. The van der Waals surface area contributed by atoms with E-state index in [1.165, 1.54) is 4.90 Å². The Morgan fingerprint density at radius 1 is 1.43 bits per heavy atom. The van der Waals surface area contributed by atoms with E-state index in [2.05, 4.69) is 5.32 Å².